The molecule has 0 saturated carbocycles. The van der Waals surface area contributed by atoms with Crippen LogP contribution in [0, 0.1) is 11.6 Å². The van der Waals surface area contributed by atoms with E-state index in [1.807, 2.05) is 6.92 Å². The molecule has 1 aromatic carbocycles. The predicted octanol–water partition coefficient (Wildman–Crippen LogP) is 5.23. The summed E-state index contributed by atoms with van der Waals surface area (Å²) >= 11 is 12.0. The quantitative estimate of drug-likeness (QED) is 0.787. The van der Waals surface area contributed by atoms with Gasteiger partial charge in [0, 0.05) is 6.54 Å². The molecule has 2 aromatic rings. The highest BCUT2D eigenvalue weighted by Gasteiger charge is 2.14. The van der Waals surface area contributed by atoms with E-state index in [1.165, 1.54) is 12.1 Å². The Labute approximate surface area is 131 Å². The zero-order valence-electron chi connectivity index (χ0n) is 11.2. The molecule has 0 fully saturated rings. The maximum atomic E-state index is 13.6. The molecule has 0 aliphatic carbocycles. The van der Waals surface area contributed by atoms with Gasteiger partial charge < -0.3 is 10.6 Å². The summed E-state index contributed by atoms with van der Waals surface area (Å²) in [5.74, 6) is -0.928. The molecule has 0 spiro atoms. The van der Waals surface area contributed by atoms with Crippen LogP contribution in [-0.2, 0) is 0 Å². The van der Waals surface area contributed by atoms with Crippen LogP contribution in [-0.4, -0.2) is 11.5 Å². The molecular formula is C14H13Cl2F2N3. The molecule has 1 heterocycles. The number of halogens is 4. The lowest BCUT2D eigenvalue weighted by Crippen LogP contribution is -2.06. The van der Waals surface area contributed by atoms with Gasteiger partial charge in [-0.2, -0.15) is 0 Å². The fraction of sp³-hybridized carbons (Fsp3) is 0.214. The smallest absolute Gasteiger partial charge is 0.151 e. The van der Waals surface area contributed by atoms with Gasteiger partial charge in [-0.25, -0.2) is 13.8 Å². The van der Waals surface area contributed by atoms with Gasteiger partial charge in [-0.05, 0) is 24.6 Å². The first kappa shape index (κ1) is 15.8. The number of para-hydroxylation sites is 1. The van der Waals surface area contributed by atoms with E-state index in [1.54, 1.807) is 0 Å². The summed E-state index contributed by atoms with van der Waals surface area (Å²) in [5, 5.41) is 6.09. The van der Waals surface area contributed by atoms with Gasteiger partial charge in [0.15, 0.2) is 5.82 Å². The Morgan fingerprint density at radius 2 is 1.71 bits per heavy atom. The molecule has 0 aliphatic heterocycles. The van der Waals surface area contributed by atoms with Crippen molar-refractivity contribution in [2.24, 2.45) is 0 Å². The third-order valence-corrected chi connectivity index (χ3v) is 3.25. The van der Waals surface area contributed by atoms with Gasteiger partial charge in [0.2, 0.25) is 0 Å². The fourth-order valence-electron chi connectivity index (χ4n) is 1.66. The minimum atomic E-state index is -0.731. The first-order chi connectivity index (χ1) is 10.0. The second-order valence-corrected chi connectivity index (χ2v) is 5.11. The van der Waals surface area contributed by atoms with E-state index in [4.69, 9.17) is 23.2 Å². The molecule has 0 saturated heterocycles. The molecule has 2 rings (SSSR count). The fourth-order valence-corrected chi connectivity index (χ4v) is 2.13. The maximum absolute atomic E-state index is 13.6. The van der Waals surface area contributed by atoms with Crippen LogP contribution >= 0.6 is 23.2 Å². The Balaban J connectivity index is 2.35. The highest BCUT2D eigenvalue weighted by molar-refractivity contribution is 6.37. The molecule has 3 nitrogen and oxygen atoms in total. The first-order valence-electron chi connectivity index (χ1n) is 6.34. The lowest BCUT2D eigenvalue weighted by molar-refractivity contribution is 0.590. The molecule has 2 N–H and O–H groups in total. The second kappa shape index (κ2) is 6.91. The van der Waals surface area contributed by atoms with Crippen molar-refractivity contribution in [3.8, 4) is 0 Å². The maximum Gasteiger partial charge on any atom is 0.151 e. The number of nitrogens with zero attached hydrogens (tertiary/aromatic N) is 1. The summed E-state index contributed by atoms with van der Waals surface area (Å²) in [7, 11) is 0. The van der Waals surface area contributed by atoms with Crippen molar-refractivity contribution >= 4 is 40.5 Å². The average Bonchev–Trinajstić information content (AvgIpc) is 2.44. The van der Waals surface area contributed by atoms with Gasteiger partial charge in [0.25, 0.3) is 0 Å². The molecule has 0 amide bonds. The van der Waals surface area contributed by atoms with Crippen molar-refractivity contribution in [2.45, 2.75) is 13.3 Å². The van der Waals surface area contributed by atoms with Gasteiger partial charge >= 0.3 is 0 Å². The van der Waals surface area contributed by atoms with E-state index in [0.29, 0.717) is 17.4 Å². The minimum absolute atomic E-state index is 0.128. The number of hydrogen-bond donors (Lipinski definition) is 2. The Bertz CT molecular complexity index is 630. The molecule has 0 unspecified atom stereocenters. The normalized spacial score (nSPS) is 10.5. The summed E-state index contributed by atoms with van der Waals surface area (Å²) in [5.41, 5.74) is -0.310. The van der Waals surface area contributed by atoms with Crippen molar-refractivity contribution in [3.63, 3.8) is 0 Å². The Morgan fingerprint density at radius 3 is 2.33 bits per heavy atom. The summed E-state index contributed by atoms with van der Waals surface area (Å²) < 4.78 is 27.3. The van der Waals surface area contributed by atoms with Crippen LogP contribution < -0.4 is 10.6 Å². The van der Waals surface area contributed by atoms with Crippen LogP contribution in [0.25, 0.3) is 0 Å². The van der Waals surface area contributed by atoms with E-state index in [0.717, 1.165) is 18.6 Å². The topological polar surface area (TPSA) is 37.0 Å². The van der Waals surface area contributed by atoms with Crippen LogP contribution in [0.15, 0.2) is 24.3 Å². The van der Waals surface area contributed by atoms with Gasteiger partial charge in [-0.3, -0.25) is 0 Å². The lowest BCUT2D eigenvalue weighted by atomic mass is 10.3. The standard InChI is InChI=1S/C14H13Cl2F2N3/c1-2-6-19-13-8(15)7-9(16)14(21-13)20-12-10(17)4-3-5-11(12)18/h3-5,7H,2,6H2,1H3,(H2,19,20,21). The molecule has 0 aliphatic rings. The van der Waals surface area contributed by atoms with Crippen molar-refractivity contribution in [1.29, 1.82) is 0 Å². The molecule has 0 radical (unpaired) electrons. The van der Waals surface area contributed by atoms with E-state index >= 15 is 0 Å². The summed E-state index contributed by atoms with van der Waals surface area (Å²) in [6.07, 6.45) is 0.880. The van der Waals surface area contributed by atoms with Gasteiger partial charge in [0.05, 0.1) is 10.0 Å². The van der Waals surface area contributed by atoms with Crippen molar-refractivity contribution in [2.75, 3.05) is 17.2 Å². The number of nitrogens with one attached hydrogen (secondary N) is 2. The van der Waals surface area contributed by atoms with Crippen molar-refractivity contribution in [1.82, 2.24) is 4.98 Å². The van der Waals surface area contributed by atoms with E-state index < -0.39 is 11.6 Å². The number of anilines is 3. The number of aromatic nitrogens is 1. The zero-order chi connectivity index (χ0) is 15.4. The minimum Gasteiger partial charge on any atom is -0.369 e. The molecule has 21 heavy (non-hydrogen) atoms. The molecule has 7 heteroatoms. The SMILES string of the molecule is CCCNc1nc(Nc2c(F)cccc2F)c(Cl)cc1Cl. The molecule has 0 atom stereocenters. The zero-order valence-corrected chi connectivity index (χ0v) is 12.7. The predicted molar refractivity (Wildman–Crippen MR) is 82.7 cm³/mol. The van der Waals surface area contributed by atoms with E-state index in [2.05, 4.69) is 15.6 Å². The van der Waals surface area contributed by atoms with Crippen LogP contribution in [0.2, 0.25) is 10.0 Å². The van der Waals surface area contributed by atoms with Crippen molar-refractivity contribution in [3.05, 3.63) is 45.9 Å². The molecule has 0 bridgehead atoms. The van der Waals surface area contributed by atoms with Crippen LogP contribution in [0.5, 0.6) is 0 Å². The van der Waals surface area contributed by atoms with Crippen LogP contribution in [0.1, 0.15) is 13.3 Å². The monoisotopic (exact) mass is 331 g/mol. The Hall–Kier alpha value is -1.59. The average molecular weight is 332 g/mol. The summed E-state index contributed by atoms with van der Waals surface area (Å²) in [6.45, 7) is 2.66. The molecule has 1 aromatic heterocycles. The number of benzene rings is 1. The Kier molecular flexibility index (Phi) is 5.20. The van der Waals surface area contributed by atoms with Crippen molar-refractivity contribution < 1.29 is 8.78 Å². The van der Waals surface area contributed by atoms with Gasteiger partial charge in [-0.15, -0.1) is 0 Å². The first-order valence-corrected chi connectivity index (χ1v) is 7.09. The van der Waals surface area contributed by atoms with Gasteiger partial charge in [-0.1, -0.05) is 36.2 Å². The third kappa shape index (κ3) is 3.74. The highest BCUT2D eigenvalue weighted by Crippen LogP contribution is 2.32. The number of pyridine rings is 1. The number of hydrogen-bond acceptors (Lipinski definition) is 3. The second-order valence-electron chi connectivity index (χ2n) is 4.30. The van der Waals surface area contributed by atoms with Gasteiger partial charge in [0.1, 0.15) is 23.1 Å². The third-order valence-electron chi connectivity index (χ3n) is 2.68. The lowest BCUT2D eigenvalue weighted by Gasteiger charge is -2.13. The van der Waals surface area contributed by atoms with Crippen LogP contribution in [0.3, 0.4) is 0 Å². The van der Waals surface area contributed by atoms with E-state index in [-0.39, 0.29) is 16.5 Å². The Morgan fingerprint density at radius 1 is 1.10 bits per heavy atom. The van der Waals surface area contributed by atoms with E-state index in [9.17, 15) is 8.78 Å². The molecular weight excluding hydrogens is 319 g/mol. The summed E-state index contributed by atoms with van der Waals surface area (Å²) in [4.78, 5) is 4.17. The number of rotatable bonds is 5. The van der Waals surface area contributed by atoms with Crippen LogP contribution in [0.4, 0.5) is 26.1 Å². The summed E-state index contributed by atoms with van der Waals surface area (Å²) in [6, 6.07) is 5.03. The molecule has 112 valence electrons. The highest BCUT2D eigenvalue weighted by atomic mass is 35.5. The largest absolute Gasteiger partial charge is 0.369 e.